The van der Waals surface area contributed by atoms with Gasteiger partial charge in [0.25, 0.3) is 0 Å². The standard InChI is InChI=1S/C33H49F6NO2S/c1-30-13-10-24-25-21-27(34)28(41)20-23(25)19-22(29(24)26(30)11-14-31(30,2)42)9-5-4-6-15-40(3)16-8-18-43-17-7-12-32(35,36)33(37,38)39/h20-22,24,26,29,41-42H,4-19H2,1-3H3/t22-,24-,26+,29-,30+,31+/m1/s1. The largest absolute Gasteiger partial charge is 0.505 e. The number of nitrogens with zero attached hydrogens (tertiary/aromatic N) is 1. The molecule has 246 valence electrons. The van der Waals surface area contributed by atoms with Crippen LogP contribution >= 0.6 is 11.8 Å². The van der Waals surface area contributed by atoms with Crippen molar-refractivity contribution in [1.29, 1.82) is 0 Å². The molecule has 0 amide bonds. The van der Waals surface area contributed by atoms with Crippen LogP contribution in [0.4, 0.5) is 26.3 Å². The second-order valence-corrected chi connectivity index (χ2v) is 15.2. The SMILES string of the molecule is CN(CCCCC[C@@H]1Cc2cc(O)c(F)cc2[C@H]2CC[C@@]3(C)[C@@H](CC[C@]3(C)O)[C@H]12)CCCSCCCC(F)(F)C(F)(F)F. The van der Waals surface area contributed by atoms with E-state index in [9.17, 15) is 36.6 Å². The van der Waals surface area contributed by atoms with Crippen molar-refractivity contribution in [2.45, 2.75) is 115 Å². The third-order valence-corrected chi connectivity index (χ3v) is 12.3. The van der Waals surface area contributed by atoms with E-state index < -0.39 is 29.9 Å². The first-order valence-corrected chi connectivity index (χ1v) is 17.2. The van der Waals surface area contributed by atoms with E-state index in [-0.39, 0.29) is 23.5 Å². The van der Waals surface area contributed by atoms with Gasteiger partial charge in [-0.1, -0.05) is 19.8 Å². The fourth-order valence-electron chi connectivity index (χ4n) is 8.47. The molecular formula is C33H49F6NO2S. The summed E-state index contributed by atoms with van der Waals surface area (Å²) in [5.74, 6) is -2.87. The highest BCUT2D eigenvalue weighted by Gasteiger charge is 2.61. The minimum atomic E-state index is -5.47. The highest BCUT2D eigenvalue weighted by atomic mass is 32.2. The third-order valence-electron chi connectivity index (χ3n) is 11.2. The Morgan fingerprint density at radius 3 is 2.37 bits per heavy atom. The molecular weight excluding hydrogens is 588 g/mol. The van der Waals surface area contributed by atoms with Crippen molar-refractivity contribution in [2.75, 3.05) is 31.6 Å². The number of benzene rings is 1. The molecule has 2 N–H and O–H groups in total. The summed E-state index contributed by atoms with van der Waals surface area (Å²) in [5, 5.41) is 21.4. The van der Waals surface area contributed by atoms with Crippen LogP contribution in [0.5, 0.6) is 5.75 Å². The fraction of sp³-hybridized carbons (Fsp3) is 0.818. The van der Waals surface area contributed by atoms with E-state index in [1.54, 1.807) is 12.1 Å². The smallest absolute Gasteiger partial charge is 0.453 e. The molecule has 0 saturated heterocycles. The molecule has 2 saturated carbocycles. The lowest BCUT2D eigenvalue weighted by Crippen LogP contribution is -2.51. The predicted molar refractivity (Wildman–Crippen MR) is 160 cm³/mol. The molecule has 10 heteroatoms. The maximum atomic E-state index is 14.4. The van der Waals surface area contributed by atoms with Gasteiger partial charge in [0, 0.05) is 6.42 Å². The number of alkyl halides is 5. The van der Waals surface area contributed by atoms with Gasteiger partial charge in [0.2, 0.25) is 0 Å². The number of halogens is 6. The van der Waals surface area contributed by atoms with Gasteiger partial charge in [-0.3, -0.25) is 0 Å². The molecule has 6 atom stereocenters. The van der Waals surface area contributed by atoms with Crippen molar-refractivity contribution in [3.05, 3.63) is 29.1 Å². The first-order valence-electron chi connectivity index (χ1n) is 16.0. The van der Waals surface area contributed by atoms with Crippen molar-refractivity contribution in [3.8, 4) is 5.75 Å². The van der Waals surface area contributed by atoms with Crippen molar-refractivity contribution in [1.82, 2.24) is 4.90 Å². The molecule has 3 aliphatic carbocycles. The van der Waals surface area contributed by atoms with Gasteiger partial charge < -0.3 is 15.1 Å². The van der Waals surface area contributed by atoms with E-state index in [0.717, 1.165) is 94.2 Å². The van der Waals surface area contributed by atoms with Crippen LogP contribution in [0.3, 0.4) is 0 Å². The summed E-state index contributed by atoms with van der Waals surface area (Å²) in [5.41, 5.74) is 1.32. The molecule has 0 spiro atoms. The third kappa shape index (κ3) is 7.65. The number of hydrogen-bond donors (Lipinski definition) is 2. The van der Waals surface area contributed by atoms with E-state index in [0.29, 0.717) is 23.5 Å². The Bertz CT molecular complexity index is 1080. The van der Waals surface area contributed by atoms with Crippen molar-refractivity contribution < 1.29 is 36.6 Å². The number of hydrogen-bond acceptors (Lipinski definition) is 4. The number of unbranched alkanes of at least 4 members (excludes halogenated alkanes) is 2. The van der Waals surface area contributed by atoms with E-state index in [1.807, 2.05) is 6.92 Å². The minimum Gasteiger partial charge on any atom is -0.505 e. The number of rotatable bonds is 14. The lowest BCUT2D eigenvalue weighted by Gasteiger charge is -2.55. The molecule has 0 unspecified atom stereocenters. The van der Waals surface area contributed by atoms with Crippen LogP contribution < -0.4 is 0 Å². The lowest BCUT2D eigenvalue weighted by atomic mass is 9.50. The van der Waals surface area contributed by atoms with Crippen molar-refractivity contribution in [3.63, 3.8) is 0 Å². The summed E-state index contributed by atoms with van der Waals surface area (Å²) < 4.78 is 77.1. The van der Waals surface area contributed by atoms with E-state index in [4.69, 9.17) is 0 Å². The first kappa shape index (κ1) is 34.7. The Hall–Kier alpha value is -1.13. The van der Waals surface area contributed by atoms with Crippen LogP contribution in [0.25, 0.3) is 0 Å². The van der Waals surface area contributed by atoms with Gasteiger partial charge >= 0.3 is 12.1 Å². The van der Waals surface area contributed by atoms with Gasteiger partial charge in [0.05, 0.1) is 5.60 Å². The Balaban J connectivity index is 1.21. The molecule has 1 aromatic rings. The van der Waals surface area contributed by atoms with Gasteiger partial charge in [0.15, 0.2) is 11.6 Å². The lowest BCUT2D eigenvalue weighted by molar-refractivity contribution is -0.284. The molecule has 0 heterocycles. The molecule has 3 nitrogen and oxygen atoms in total. The second-order valence-electron chi connectivity index (χ2n) is 13.9. The average Bonchev–Trinajstić information content (AvgIpc) is 3.16. The zero-order valence-corrected chi connectivity index (χ0v) is 26.6. The highest BCUT2D eigenvalue weighted by Crippen LogP contribution is 2.65. The van der Waals surface area contributed by atoms with Gasteiger partial charge in [0.1, 0.15) is 0 Å². The Labute approximate surface area is 257 Å². The number of aromatic hydroxyl groups is 1. The Kier molecular flexibility index (Phi) is 11.1. The summed E-state index contributed by atoms with van der Waals surface area (Å²) in [7, 11) is 2.05. The summed E-state index contributed by atoms with van der Waals surface area (Å²) in [6.07, 6.45) is 2.89. The Morgan fingerprint density at radius 2 is 1.65 bits per heavy atom. The summed E-state index contributed by atoms with van der Waals surface area (Å²) >= 11 is 1.43. The molecule has 2 fully saturated rings. The number of fused-ring (bicyclic) bond motifs is 5. The van der Waals surface area contributed by atoms with E-state index in [2.05, 4.69) is 18.9 Å². The second kappa shape index (κ2) is 13.7. The maximum Gasteiger partial charge on any atom is 0.453 e. The fourth-order valence-corrected chi connectivity index (χ4v) is 9.35. The maximum absolute atomic E-state index is 14.4. The molecule has 0 aromatic heterocycles. The molecule has 43 heavy (non-hydrogen) atoms. The molecule has 0 bridgehead atoms. The van der Waals surface area contributed by atoms with Gasteiger partial charge in [-0.2, -0.15) is 33.7 Å². The van der Waals surface area contributed by atoms with Crippen molar-refractivity contribution in [2.24, 2.45) is 23.2 Å². The quantitative estimate of drug-likeness (QED) is 0.158. The zero-order valence-electron chi connectivity index (χ0n) is 25.8. The molecule has 3 aliphatic rings. The number of thioether (sulfide) groups is 1. The summed E-state index contributed by atoms with van der Waals surface area (Å²) in [4.78, 5) is 2.25. The average molecular weight is 638 g/mol. The summed E-state index contributed by atoms with van der Waals surface area (Å²) in [6, 6.07) is 3.20. The zero-order chi connectivity index (χ0) is 31.6. The van der Waals surface area contributed by atoms with E-state index >= 15 is 0 Å². The topological polar surface area (TPSA) is 43.7 Å². The molecule has 0 radical (unpaired) electrons. The van der Waals surface area contributed by atoms with Crippen molar-refractivity contribution >= 4 is 11.8 Å². The van der Waals surface area contributed by atoms with E-state index in [1.165, 1.54) is 11.8 Å². The number of phenolic OH excluding ortho intramolecular Hbond substituents is 1. The normalized spacial score (nSPS) is 30.8. The van der Waals surface area contributed by atoms with Gasteiger partial charge in [-0.15, -0.1) is 0 Å². The molecule has 1 aromatic carbocycles. The van der Waals surface area contributed by atoms with Gasteiger partial charge in [-0.25, -0.2) is 4.39 Å². The minimum absolute atomic E-state index is 0.130. The van der Waals surface area contributed by atoms with Crippen LogP contribution in [0.2, 0.25) is 0 Å². The van der Waals surface area contributed by atoms with Crippen LogP contribution in [0.15, 0.2) is 12.1 Å². The van der Waals surface area contributed by atoms with Crippen LogP contribution in [0, 0.1) is 29.0 Å². The first-order chi connectivity index (χ1) is 20.1. The Morgan fingerprint density at radius 1 is 0.953 bits per heavy atom. The molecule has 4 rings (SSSR count). The number of phenols is 1. The van der Waals surface area contributed by atoms with Crippen LogP contribution in [-0.2, 0) is 6.42 Å². The van der Waals surface area contributed by atoms with Crippen LogP contribution in [-0.4, -0.2) is 64.5 Å². The highest BCUT2D eigenvalue weighted by molar-refractivity contribution is 7.99. The molecule has 0 aliphatic heterocycles. The number of aliphatic hydroxyl groups is 1. The summed E-state index contributed by atoms with van der Waals surface area (Å²) in [6.45, 7) is 6.05. The monoisotopic (exact) mass is 637 g/mol. The predicted octanol–water partition coefficient (Wildman–Crippen LogP) is 8.96. The van der Waals surface area contributed by atoms with Crippen LogP contribution in [0.1, 0.15) is 102 Å². The van der Waals surface area contributed by atoms with Gasteiger partial charge in [-0.05, 0) is 149 Å².